The molecule has 1 fully saturated rings. The van der Waals surface area contributed by atoms with E-state index in [9.17, 15) is 19.5 Å². The van der Waals surface area contributed by atoms with E-state index < -0.39 is 12.0 Å². The summed E-state index contributed by atoms with van der Waals surface area (Å²) in [5.41, 5.74) is 3.03. The lowest BCUT2D eigenvalue weighted by Crippen LogP contribution is -2.48. The molecule has 1 saturated carbocycles. The van der Waals surface area contributed by atoms with Crippen LogP contribution >= 0.6 is 12.4 Å². The Morgan fingerprint density at radius 3 is 2.24 bits per heavy atom. The predicted octanol–water partition coefficient (Wildman–Crippen LogP) is 2.99. The number of carboxylic acids is 1. The SMILES string of the molecule is Cl.O=C(NC(C(=O)O)c1ccccc1)C1CCC(CNC(=O)C2Cc3ccccc3CN2)CC1. The summed E-state index contributed by atoms with van der Waals surface area (Å²) in [6.45, 7) is 1.31. The van der Waals surface area contributed by atoms with Gasteiger partial charge in [-0.05, 0) is 54.7 Å². The third-order valence-corrected chi connectivity index (χ3v) is 6.85. The predicted molar refractivity (Wildman–Crippen MR) is 131 cm³/mol. The largest absolute Gasteiger partial charge is 0.479 e. The number of fused-ring (bicyclic) bond motifs is 1. The van der Waals surface area contributed by atoms with Gasteiger partial charge in [0, 0.05) is 19.0 Å². The van der Waals surface area contributed by atoms with E-state index in [2.05, 4.69) is 28.1 Å². The second-order valence-electron chi connectivity index (χ2n) is 9.06. The number of carbonyl (C=O) groups is 3. The summed E-state index contributed by atoms with van der Waals surface area (Å²) >= 11 is 0. The van der Waals surface area contributed by atoms with Crippen molar-refractivity contribution in [3.05, 3.63) is 71.3 Å². The van der Waals surface area contributed by atoms with Crippen LogP contribution in [0.4, 0.5) is 0 Å². The van der Waals surface area contributed by atoms with Crippen molar-refractivity contribution in [1.82, 2.24) is 16.0 Å². The Hall–Kier alpha value is -2.90. The van der Waals surface area contributed by atoms with Crippen LogP contribution in [0.3, 0.4) is 0 Å². The molecule has 2 amide bonds. The van der Waals surface area contributed by atoms with Gasteiger partial charge in [0.25, 0.3) is 0 Å². The summed E-state index contributed by atoms with van der Waals surface area (Å²) in [6, 6.07) is 15.7. The number of halogens is 1. The third kappa shape index (κ3) is 6.36. The number of amides is 2. The van der Waals surface area contributed by atoms with E-state index in [-0.39, 0.29) is 36.2 Å². The molecular weight excluding hydrogens is 454 g/mol. The van der Waals surface area contributed by atoms with Crippen LogP contribution in [-0.2, 0) is 27.3 Å². The zero-order chi connectivity index (χ0) is 23.2. The molecule has 1 aliphatic carbocycles. The van der Waals surface area contributed by atoms with E-state index in [4.69, 9.17) is 0 Å². The minimum absolute atomic E-state index is 0. The van der Waals surface area contributed by atoms with Gasteiger partial charge in [0.05, 0.1) is 6.04 Å². The topological polar surface area (TPSA) is 108 Å². The average molecular weight is 486 g/mol. The number of benzene rings is 2. The second kappa shape index (κ2) is 12.0. The lowest BCUT2D eigenvalue weighted by Gasteiger charge is -2.30. The normalized spacial score (nSPS) is 22.4. The van der Waals surface area contributed by atoms with Gasteiger partial charge in [-0.2, -0.15) is 0 Å². The monoisotopic (exact) mass is 485 g/mol. The highest BCUT2D eigenvalue weighted by Gasteiger charge is 2.31. The molecule has 1 aliphatic heterocycles. The zero-order valence-corrected chi connectivity index (χ0v) is 19.9. The third-order valence-electron chi connectivity index (χ3n) is 6.85. The summed E-state index contributed by atoms with van der Waals surface area (Å²) in [4.78, 5) is 37.0. The maximum absolute atomic E-state index is 12.7. The Bertz CT molecular complexity index is 993. The fourth-order valence-corrected chi connectivity index (χ4v) is 4.83. The fourth-order valence-electron chi connectivity index (χ4n) is 4.83. The van der Waals surface area contributed by atoms with E-state index in [1.54, 1.807) is 24.3 Å². The number of nitrogens with one attached hydrogen (secondary N) is 3. The Labute approximate surface area is 206 Å². The number of aliphatic carboxylic acids is 1. The van der Waals surface area contributed by atoms with Gasteiger partial charge in [0.2, 0.25) is 11.8 Å². The molecule has 0 radical (unpaired) electrons. The van der Waals surface area contributed by atoms with E-state index in [1.807, 2.05) is 18.2 Å². The van der Waals surface area contributed by atoms with Crippen molar-refractivity contribution in [2.24, 2.45) is 11.8 Å². The van der Waals surface area contributed by atoms with Gasteiger partial charge in [-0.3, -0.25) is 9.59 Å². The number of carbonyl (C=O) groups excluding carboxylic acids is 2. The molecule has 0 aromatic heterocycles. The Balaban J connectivity index is 0.00000324. The quantitative estimate of drug-likeness (QED) is 0.482. The van der Waals surface area contributed by atoms with Gasteiger partial charge in [0.15, 0.2) is 6.04 Å². The molecule has 0 bridgehead atoms. The Kier molecular flexibility index (Phi) is 9.07. The molecule has 8 heteroatoms. The zero-order valence-electron chi connectivity index (χ0n) is 19.0. The first kappa shape index (κ1) is 25.7. The van der Waals surface area contributed by atoms with E-state index in [0.717, 1.165) is 12.8 Å². The van der Waals surface area contributed by atoms with Gasteiger partial charge >= 0.3 is 5.97 Å². The van der Waals surface area contributed by atoms with Crippen molar-refractivity contribution in [1.29, 1.82) is 0 Å². The maximum atomic E-state index is 12.7. The summed E-state index contributed by atoms with van der Waals surface area (Å²) in [7, 11) is 0. The number of hydrogen-bond acceptors (Lipinski definition) is 4. The minimum Gasteiger partial charge on any atom is -0.479 e. The van der Waals surface area contributed by atoms with Gasteiger partial charge < -0.3 is 21.1 Å². The molecule has 2 unspecified atom stereocenters. The van der Waals surface area contributed by atoms with Gasteiger partial charge in [-0.15, -0.1) is 12.4 Å². The number of carboxylic acid groups (broad SMARTS) is 1. The van der Waals surface area contributed by atoms with Crippen molar-refractivity contribution in [2.45, 2.75) is 50.7 Å². The first-order valence-corrected chi connectivity index (χ1v) is 11.7. The number of hydrogen-bond donors (Lipinski definition) is 4. The van der Waals surface area contributed by atoms with Crippen LogP contribution in [-0.4, -0.2) is 35.5 Å². The molecule has 2 atom stereocenters. The lowest BCUT2D eigenvalue weighted by molar-refractivity contribution is -0.143. The molecule has 182 valence electrons. The first-order chi connectivity index (χ1) is 16.0. The molecule has 2 aliphatic rings. The van der Waals surface area contributed by atoms with Gasteiger partial charge in [-0.1, -0.05) is 54.6 Å². The highest BCUT2D eigenvalue weighted by atomic mass is 35.5. The van der Waals surface area contributed by atoms with Crippen molar-refractivity contribution < 1.29 is 19.5 Å². The van der Waals surface area contributed by atoms with E-state index in [1.165, 1.54) is 11.1 Å². The standard InChI is InChI=1S/C26H31N3O4.ClH/c30-24(29-23(26(32)33)18-6-2-1-3-7-18)19-12-10-17(11-13-19)15-28-25(31)22-14-20-8-4-5-9-21(20)16-27-22;/h1-9,17,19,22-23,27H,10-16H2,(H,28,31)(H,29,30)(H,32,33);1H. The van der Waals surface area contributed by atoms with Crippen LogP contribution in [0, 0.1) is 11.8 Å². The molecule has 0 saturated heterocycles. The summed E-state index contributed by atoms with van der Waals surface area (Å²) in [5.74, 6) is -1.11. The van der Waals surface area contributed by atoms with Crippen LogP contribution in [0.15, 0.2) is 54.6 Å². The van der Waals surface area contributed by atoms with Crippen LogP contribution in [0.2, 0.25) is 0 Å². The molecular formula is C26H32ClN3O4. The summed E-state index contributed by atoms with van der Waals surface area (Å²) in [5, 5.41) is 18.6. The van der Waals surface area contributed by atoms with Crippen LogP contribution in [0.25, 0.3) is 0 Å². The lowest BCUT2D eigenvalue weighted by atomic mass is 9.81. The molecule has 0 spiro atoms. The molecule has 7 nitrogen and oxygen atoms in total. The molecule has 34 heavy (non-hydrogen) atoms. The molecule has 1 heterocycles. The Morgan fingerprint density at radius 1 is 0.912 bits per heavy atom. The fraction of sp³-hybridized carbons (Fsp3) is 0.423. The van der Waals surface area contributed by atoms with Crippen LogP contribution in [0.1, 0.15) is 48.4 Å². The van der Waals surface area contributed by atoms with E-state index in [0.29, 0.717) is 43.8 Å². The average Bonchev–Trinajstić information content (AvgIpc) is 2.86. The van der Waals surface area contributed by atoms with Crippen molar-refractivity contribution in [3.63, 3.8) is 0 Å². The van der Waals surface area contributed by atoms with Crippen molar-refractivity contribution in [2.75, 3.05) is 6.54 Å². The highest BCUT2D eigenvalue weighted by molar-refractivity contribution is 5.86. The van der Waals surface area contributed by atoms with Crippen molar-refractivity contribution in [3.8, 4) is 0 Å². The van der Waals surface area contributed by atoms with E-state index >= 15 is 0 Å². The first-order valence-electron chi connectivity index (χ1n) is 11.7. The highest BCUT2D eigenvalue weighted by Crippen LogP contribution is 2.29. The Morgan fingerprint density at radius 2 is 1.56 bits per heavy atom. The number of rotatable bonds is 7. The maximum Gasteiger partial charge on any atom is 0.330 e. The van der Waals surface area contributed by atoms with Gasteiger partial charge in [-0.25, -0.2) is 4.79 Å². The van der Waals surface area contributed by atoms with Crippen molar-refractivity contribution >= 4 is 30.2 Å². The molecule has 4 rings (SSSR count). The molecule has 2 aromatic carbocycles. The minimum atomic E-state index is -1.06. The van der Waals surface area contributed by atoms with Gasteiger partial charge in [0.1, 0.15) is 0 Å². The molecule has 4 N–H and O–H groups in total. The summed E-state index contributed by atoms with van der Waals surface area (Å²) < 4.78 is 0. The van der Waals surface area contributed by atoms with Crippen LogP contribution < -0.4 is 16.0 Å². The van der Waals surface area contributed by atoms with Crippen LogP contribution in [0.5, 0.6) is 0 Å². The second-order valence-corrected chi connectivity index (χ2v) is 9.06. The smallest absolute Gasteiger partial charge is 0.330 e. The molecule has 2 aromatic rings. The summed E-state index contributed by atoms with van der Waals surface area (Å²) in [6.07, 6.45) is 3.76.